The number of carbonyl (C=O) groups excluding carboxylic acids is 1. The molecule has 6 nitrogen and oxygen atoms in total. The minimum Gasteiger partial charge on any atom is -0.355 e. The SMILES string of the molecule is O=C1NCCC1N1CCN(c2ncc(Br)cn2)CC1. The van der Waals surface area contributed by atoms with Crippen LogP contribution in [-0.4, -0.2) is 59.5 Å². The smallest absolute Gasteiger partial charge is 0.237 e. The summed E-state index contributed by atoms with van der Waals surface area (Å²) in [7, 11) is 0. The number of nitrogens with one attached hydrogen (secondary N) is 1. The molecule has 1 amide bonds. The van der Waals surface area contributed by atoms with Gasteiger partial charge in [0.1, 0.15) is 0 Å². The summed E-state index contributed by atoms with van der Waals surface area (Å²) in [4.78, 5) is 24.7. The summed E-state index contributed by atoms with van der Waals surface area (Å²) in [5.41, 5.74) is 0. The van der Waals surface area contributed by atoms with Gasteiger partial charge in [0.05, 0.1) is 10.5 Å². The molecule has 0 saturated carbocycles. The molecular weight excluding hydrogens is 310 g/mol. The van der Waals surface area contributed by atoms with Crippen molar-refractivity contribution < 1.29 is 4.79 Å². The molecular formula is C12H16BrN5O. The standard InChI is InChI=1S/C12H16BrN5O/c13-9-7-15-12(16-8-9)18-5-3-17(4-6-18)10-1-2-14-11(10)19/h7-8,10H,1-6H2,(H,14,19). The van der Waals surface area contributed by atoms with E-state index in [-0.39, 0.29) is 11.9 Å². The number of aromatic nitrogens is 2. The zero-order valence-corrected chi connectivity index (χ0v) is 12.1. The highest BCUT2D eigenvalue weighted by molar-refractivity contribution is 9.10. The molecule has 3 heterocycles. The highest BCUT2D eigenvalue weighted by Crippen LogP contribution is 2.16. The average Bonchev–Trinajstić information content (AvgIpc) is 2.86. The number of hydrogen-bond acceptors (Lipinski definition) is 5. The van der Waals surface area contributed by atoms with Crippen molar-refractivity contribution in [3.63, 3.8) is 0 Å². The topological polar surface area (TPSA) is 61.4 Å². The molecule has 0 radical (unpaired) electrons. The largest absolute Gasteiger partial charge is 0.355 e. The quantitative estimate of drug-likeness (QED) is 0.844. The maximum absolute atomic E-state index is 11.7. The van der Waals surface area contributed by atoms with Crippen LogP contribution in [0.25, 0.3) is 0 Å². The highest BCUT2D eigenvalue weighted by Gasteiger charge is 2.32. The van der Waals surface area contributed by atoms with Crippen molar-refractivity contribution >= 4 is 27.8 Å². The van der Waals surface area contributed by atoms with Gasteiger partial charge in [0, 0.05) is 45.1 Å². The third kappa shape index (κ3) is 2.71. The molecule has 0 aliphatic carbocycles. The summed E-state index contributed by atoms with van der Waals surface area (Å²) in [6.45, 7) is 4.31. The predicted octanol–water partition coefficient (Wildman–Crippen LogP) is 0.250. The normalized spacial score (nSPS) is 24.6. The van der Waals surface area contributed by atoms with Crippen LogP contribution in [0.3, 0.4) is 0 Å². The Morgan fingerprint density at radius 1 is 1.21 bits per heavy atom. The van der Waals surface area contributed by atoms with Crippen LogP contribution in [0.5, 0.6) is 0 Å². The minimum absolute atomic E-state index is 0.0630. The Balaban J connectivity index is 1.60. The lowest BCUT2D eigenvalue weighted by molar-refractivity contribution is -0.123. The van der Waals surface area contributed by atoms with E-state index in [1.165, 1.54) is 0 Å². The van der Waals surface area contributed by atoms with Crippen LogP contribution in [-0.2, 0) is 4.79 Å². The Morgan fingerprint density at radius 3 is 2.47 bits per heavy atom. The van der Waals surface area contributed by atoms with Crippen LogP contribution in [0.2, 0.25) is 0 Å². The number of halogens is 1. The van der Waals surface area contributed by atoms with Crippen LogP contribution < -0.4 is 10.2 Å². The fourth-order valence-electron chi connectivity index (χ4n) is 2.63. The zero-order chi connectivity index (χ0) is 13.2. The minimum atomic E-state index is 0.0630. The second-order valence-electron chi connectivity index (χ2n) is 4.82. The summed E-state index contributed by atoms with van der Waals surface area (Å²) in [6.07, 6.45) is 4.45. The lowest BCUT2D eigenvalue weighted by Gasteiger charge is -2.36. The average molecular weight is 326 g/mol. The first-order chi connectivity index (χ1) is 9.24. The van der Waals surface area contributed by atoms with E-state index in [1.807, 2.05) is 0 Å². The molecule has 2 aliphatic heterocycles. The van der Waals surface area contributed by atoms with E-state index in [0.717, 1.165) is 49.6 Å². The Bertz CT molecular complexity index is 458. The third-order valence-electron chi connectivity index (χ3n) is 3.66. The fraction of sp³-hybridized carbons (Fsp3) is 0.583. The fourth-order valence-corrected chi connectivity index (χ4v) is 2.84. The van der Waals surface area contributed by atoms with Crippen molar-refractivity contribution in [2.45, 2.75) is 12.5 Å². The van der Waals surface area contributed by atoms with E-state index in [0.29, 0.717) is 0 Å². The molecule has 1 unspecified atom stereocenters. The molecule has 0 spiro atoms. The van der Waals surface area contributed by atoms with Gasteiger partial charge in [-0.3, -0.25) is 9.69 Å². The van der Waals surface area contributed by atoms with Gasteiger partial charge in [0.25, 0.3) is 0 Å². The van der Waals surface area contributed by atoms with Crippen LogP contribution in [0, 0.1) is 0 Å². The lowest BCUT2D eigenvalue weighted by atomic mass is 10.2. The number of carbonyl (C=O) groups is 1. The number of amides is 1. The van der Waals surface area contributed by atoms with Gasteiger partial charge in [-0.25, -0.2) is 9.97 Å². The van der Waals surface area contributed by atoms with Gasteiger partial charge >= 0.3 is 0 Å². The van der Waals surface area contributed by atoms with Crippen LogP contribution in [0.1, 0.15) is 6.42 Å². The maximum Gasteiger partial charge on any atom is 0.237 e. The van der Waals surface area contributed by atoms with Crippen molar-refractivity contribution in [2.24, 2.45) is 0 Å². The first-order valence-electron chi connectivity index (χ1n) is 6.48. The van der Waals surface area contributed by atoms with Crippen molar-refractivity contribution in [3.05, 3.63) is 16.9 Å². The van der Waals surface area contributed by atoms with Crippen LogP contribution >= 0.6 is 15.9 Å². The molecule has 7 heteroatoms. The maximum atomic E-state index is 11.7. The van der Waals surface area contributed by atoms with E-state index in [1.54, 1.807) is 12.4 Å². The Kier molecular flexibility index (Phi) is 3.65. The van der Waals surface area contributed by atoms with Crippen molar-refractivity contribution in [3.8, 4) is 0 Å². The summed E-state index contributed by atoms with van der Waals surface area (Å²) in [5, 5.41) is 2.89. The van der Waals surface area contributed by atoms with Crippen LogP contribution in [0.15, 0.2) is 16.9 Å². The van der Waals surface area contributed by atoms with Gasteiger partial charge in [-0.15, -0.1) is 0 Å². The molecule has 2 saturated heterocycles. The summed E-state index contributed by atoms with van der Waals surface area (Å²) in [5.74, 6) is 0.937. The van der Waals surface area contributed by atoms with Gasteiger partial charge in [-0.05, 0) is 22.4 Å². The molecule has 2 fully saturated rings. The molecule has 1 atom stereocenters. The van der Waals surface area contributed by atoms with E-state index in [4.69, 9.17) is 0 Å². The third-order valence-corrected chi connectivity index (χ3v) is 4.07. The van der Waals surface area contributed by atoms with Crippen molar-refractivity contribution in [1.29, 1.82) is 0 Å². The Hall–Kier alpha value is -1.21. The summed E-state index contributed by atoms with van der Waals surface area (Å²) < 4.78 is 0.887. The van der Waals surface area contributed by atoms with Crippen molar-refractivity contribution in [1.82, 2.24) is 20.2 Å². The second kappa shape index (κ2) is 5.42. The second-order valence-corrected chi connectivity index (χ2v) is 5.74. The molecule has 19 heavy (non-hydrogen) atoms. The molecule has 0 bridgehead atoms. The summed E-state index contributed by atoms with van der Waals surface area (Å²) in [6, 6.07) is 0.0630. The van der Waals surface area contributed by atoms with E-state index >= 15 is 0 Å². The molecule has 102 valence electrons. The molecule has 1 aromatic rings. The van der Waals surface area contributed by atoms with Gasteiger partial charge in [-0.1, -0.05) is 0 Å². The van der Waals surface area contributed by atoms with Gasteiger partial charge in [0.2, 0.25) is 11.9 Å². The van der Waals surface area contributed by atoms with Crippen molar-refractivity contribution in [2.75, 3.05) is 37.6 Å². The van der Waals surface area contributed by atoms with Crippen LogP contribution in [0.4, 0.5) is 5.95 Å². The van der Waals surface area contributed by atoms with Gasteiger partial charge in [0.15, 0.2) is 0 Å². The van der Waals surface area contributed by atoms with E-state index in [9.17, 15) is 4.79 Å². The molecule has 3 rings (SSSR count). The molecule has 1 aromatic heterocycles. The number of rotatable bonds is 2. The monoisotopic (exact) mass is 325 g/mol. The van der Waals surface area contributed by atoms with E-state index in [2.05, 4.69) is 41.0 Å². The van der Waals surface area contributed by atoms with Gasteiger partial charge in [-0.2, -0.15) is 0 Å². The Labute approximate surface area is 120 Å². The predicted molar refractivity (Wildman–Crippen MR) is 74.9 cm³/mol. The number of anilines is 1. The molecule has 0 aromatic carbocycles. The zero-order valence-electron chi connectivity index (χ0n) is 10.5. The first kappa shape index (κ1) is 12.8. The number of hydrogen-bond donors (Lipinski definition) is 1. The molecule has 2 aliphatic rings. The number of nitrogens with zero attached hydrogens (tertiary/aromatic N) is 4. The van der Waals surface area contributed by atoms with E-state index < -0.39 is 0 Å². The first-order valence-corrected chi connectivity index (χ1v) is 7.27. The summed E-state index contributed by atoms with van der Waals surface area (Å²) >= 11 is 3.33. The highest BCUT2D eigenvalue weighted by atomic mass is 79.9. The lowest BCUT2D eigenvalue weighted by Crippen LogP contribution is -2.52. The number of piperazine rings is 1. The van der Waals surface area contributed by atoms with Gasteiger partial charge < -0.3 is 10.2 Å². The molecule has 1 N–H and O–H groups in total. The Morgan fingerprint density at radius 2 is 1.89 bits per heavy atom.